The van der Waals surface area contributed by atoms with Crippen molar-refractivity contribution in [2.24, 2.45) is 0 Å². The normalized spacial score (nSPS) is 10.5. The number of hydrogen-bond donors (Lipinski definition) is 2. The minimum atomic E-state index is -0.473. The van der Waals surface area contributed by atoms with Crippen LogP contribution in [-0.2, 0) is 0 Å². The molecule has 2 N–H and O–H groups in total. The maximum Gasteiger partial charge on any atom is 0.320 e. The second-order valence-corrected chi connectivity index (χ2v) is 3.21. The van der Waals surface area contributed by atoms with E-state index in [1.165, 1.54) is 0 Å². The van der Waals surface area contributed by atoms with Crippen molar-refractivity contribution in [3.63, 3.8) is 0 Å². The smallest absolute Gasteiger partial charge is 0.320 e. The Morgan fingerprint density at radius 3 is 2.93 bits per heavy atom. The van der Waals surface area contributed by atoms with Crippen LogP contribution >= 0.6 is 0 Å². The van der Waals surface area contributed by atoms with Crippen molar-refractivity contribution in [3.8, 4) is 0 Å². The van der Waals surface area contributed by atoms with Crippen LogP contribution in [0, 0.1) is 0 Å². The SMILES string of the molecule is CNc1noc2ccc(B(C)O)cc12. The third-order valence-electron chi connectivity index (χ3n) is 2.21. The number of aromatic nitrogens is 1. The Labute approximate surface area is 82.0 Å². The van der Waals surface area contributed by atoms with Gasteiger partial charge in [0.1, 0.15) is 0 Å². The zero-order valence-corrected chi connectivity index (χ0v) is 8.11. The van der Waals surface area contributed by atoms with Gasteiger partial charge in [-0.25, -0.2) is 0 Å². The van der Waals surface area contributed by atoms with E-state index in [1.54, 1.807) is 13.9 Å². The number of rotatable bonds is 2. The Morgan fingerprint density at radius 1 is 1.50 bits per heavy atom. The van der Waals surface area contributed by atoms with Crippen LogP contribution in [0.15, 0.2) is 22.7 Å². The molecule has 2 rings (SSSR count). The van der Waals surface area contributed by atoms with Gasteiger partial charge >= 0.3 is 6.92 Å². The van der Waals surface area contributed by atoms with Crippen molar-refractivity contribution in [1.82, 2.24) is 5.16 Å². The van der Waals surface area contributed by atoms with E-state index >= 15 is 0 Å². The molecule has 0 spiro atoms. The summed E-state index contributed by atoms with van der Waals surface area (Å²) < 4.78 is 5.08. The number of fused-ring (bicyclic) bond motifs is 1. The van der Waals surface area contributed by atoms with Crippen LogP contribution in [0.3, 0.4) is 0 Å². The summed E-state index contributed by atoms with van der Waals surface area (Å²) in [4.78, 5) is 0. The lowest BCUT2D eigenvalue weighted by molar-refractivity contribution is 0.460. The van der Waals surface area contributed by atoms with Crippen molar-refractivity contribution >= 4 is 29.2 Å². The van der Waals surface area contributed by atoms with E-state index in [2.05, 4.69) is 10.5 Å². The largest absolute Gasteiger partial charge is 0.447 e. The van der Waals surface area contributed by atoms with Gasteiger partial charge in [-0.15, -0.1) is 0 Å². The van der Waals surface area contributed by atoms with Gasteiger partial charge in [-0.3, -0.25) is 0 Å². The highest BCUT2D eigenvalue weighted by Crippen LogP contribution is 2.20. The summed E-state index contributed by atoms with van der Waals surface area (Å²) in [6, 6.07) is 5.52. The molecule has 0 unspecified atom stereocenters. The number of anilines is 1. The maximum atomic E-state index is 9.41. The average molecular weight is 190 g/mol. The maximum absolute atomic E-state index is 9.41. The third kappa shape index (κ3) is 1.35. The Kier molecular flexibility index (Phi) is 2.17. The summed E-state index contributed by atoms with van der Waals surface area (Å²) in [5.74, 6) is 0.697. The van der Waals surface area contributed by atoms with Crippen LogP contribution < -0.4 is 10.8 Å². The highest BCUT2D eigenvalue weighted by Gasteiger charge is 2.11. The molecule has 14 heavy (non-hydrogen) atoms. The third-order valence-corrected chi connectivity index (χ3v) is 2.21. The van der Waals surface area contributed by atoms with E-state index in [0.717, 1.165) is 16.4 Å². The second kappa shape index (κ2) is 3.34. The van der Waals surface area contributed by atoms with E-state index in [-0.39, 0.29) is 0 Å². The van der Waals surface area contributed by atoms with Crippen molar-refractivity contribution in [1.29, 1.82) is 0 Å². The van der Waals surface area contributed by atoms with Crippen molar-refractivity contribution < 1.29 is 9.55 Å². The fourth-order valence-electron chi connectivity index (χ4n) is 1.40. The zero-order chi connectivity index (χ0) is 10.1. The monoisotopic (exact) mass is 190 g/mol. The highest BCUT2D eigenvalue weighted by molar-refractivity contribution is 6.65. The summed E-state index contributed by atoms with van der Waals surface area (Å²) in [6.07, 6.45) is 0. The van der Waals surface area contributed by atoms with Gasteiger partial charge in [0.2, 0.25) is 0 Å². The van der Waals surface area contributed by atoms with E-state index < -0.39 is 6.92 Å². The van der Waals surface area contributed by atoms with Crippen LogP contribution in [0.4, 0.5) is 5.82 Å². The first kappa shape index (κ1) is 9.08. The first-order chi connectivity index (χ1) is 6.72. The predicted molar refractivity (Wildman–Crippen MR) is 57.0 cm³/mol. The van der Waals surface area contributed by atoms with E-state index in [4.69, 9.17) is 4.52 Å². The van der Waals surface area contributed by atoms with Gasteiger partial charge in [-0.2, -0.15) is 0 Å². The molecule has 1 aromatic carbocycles. The fraction of sp³-hybridized carbons (Fsp3) is 0.222. The highest BCUT2D eigenvalue weighted by atomic mass is 16.5. The number of benzene rings is 1. The molecule has 0 aliphatic carbocycles. The lowest BCUT2D eigenvalue weighted by Gasteiger charge is -1.99. The summed E-state index contributed by atoms with van der Waals surface area (Å²) in [7, 11) is 1.78. The van der Waals surface area contributed by atoms with Gasteiger partial charge in [0.15, 0.2) is 11.4 Å². The molecule has 0 fully saturated rings. The quantitative estimate of drug-likeness (QED) is 0.684. The molecular formula is C9H11BN2O2. The summed E-state index contributed by atoms with van der Waals surface area (Å²) in [5, 5.41) is 17.1. The Morgan fingerprint density at radius 2 is 2.29 bits per heavy atom. The van der Waals surface area contributed by atoms with Gasteiger partial charge in [-0.05, 0) is 11.5 Å². The minimum Gasteiger partial charge on any atom is -0.447 e. The van der Waals surface area contributed by atoms with Gasteiger partial charge in [0.05, 0.1) is 5.39 Å². The molecular weight excluding hydrogens is 179 g/mol. The number of hydrogen-bond acceptors (Lipinski definition) is 4. The second-order valence-electron chi connectivity index (χ2n) is 3.21. The molecule has 0 saturated heterocycles. The van der Waals surface area contributed by atoms with Crippen molar-refractivity contribution in [2.45, 2.75) is 6.82 Å². The van der Waals surface area contributed by atoms with Crippen molar-refractivity contribution in [3.05, 3.63) is 18.2 Å². The molecule has 4 nitrogen and oxygen atoms in total. The molecule has 0 atom stereocenters. The van der Waals surface area contributed by atoms with Crippen LogP contribution in [0.2, 0.25) is 6.82 Å². The minimum absolute atomic E-state index is 0.473. The Bertz CT molecular complexity index is 453. The molecule has 1 aromatic heterocycles. The molecule has 0 amide bonds. The van der Waals surface area contributed by atoms with Crippen LogP contribution in [0.5, 0.6) is 0 Å². The van der Waals surface area contributed by atoms with Gasteiger partial charge in [0, 0.05) is 7.05 Å². The lowest BCUT2D eigenvalue weighted by atomic mass is 9.64. The molecule has 5 heteroatoms. The topological polar surface area (TPSA) is 58.3 Å². The van der Waals surface area contributed by atoms with Crippen molar-refractivity contribution in [2.75, 3.05) is 12.4 Å². The van der Waals surface area contributed by atoms with E-state index in [9.17, 15) is 5.02 Å². The van der Waals surface area contributed by atoms with Crippen LogP contribution in [0.1, 0.15) is 0 Å². The van der Waals surface area contributed by atoms with E-state index in [0.29, 0.717) is 5.82 Å². The van der Waals surface area contributed by atoms with Gasteiger partial charge < -0.3 is 14.9 Å². The molecule has 0 bridgehead atoms. The predicted octanol–water partition coefficient (Wildman–Crippen LogP) is 0.690. The molecule has 0 saturated carbocycles. The first-order valence-corrected chi connectivity index (χ1v) is 4.47. The summed E-state index contributed by atoms with van der Waals surface area (Å²) in [6.45, 7) is 1.26. The molecule has 0 radical (unpaired) electrons. The standard InChI is InChI=1S/C9H11BN2O2/c1-10(13)6-3-4-8-7(5-6)9(11-2)12-14-8/h3-5,13H,1-2H3,(H,11,12). The number of nitrogens with zero attached hydrogens (tertiary/aromatic N) is 1. The molecule has 0 aliphatic rings. The van der Waals surface area contributed by atoms with Crippen LogP contribution in [0.25, 0.3) is 11.0 Å². The Balaban J connectivity index is 2.61. The average Bonchev–Trinajstić information content (AvgIpc) is 2.59. The molecule has 72 valence electrons. The fourth-order valence-corrected chi connectivity index (χ4v) is 1.40. The molecule has 0 aliphatic heterocycles. The zero-order valence-electron chi connectivity index (χ0n) is 8.11. The van der Waals surface area contributed by atoms with E-state index in [1.807, 2.05) is 18.2 Å². The molecule has 1 heterocycles. The summed E-state index contributed by atoms with van der Waals surface area (Å²) >= 11 is 0. The lowest BCUT2D eigenvalue weighted by Crippen LogP contribution is -2.25. The van der Waals surface area contributed by atoms with Crippen LogP contribution in [-0.4, -0.2) is 24.1 Å². The summed E-state index contributed by atoms with van der Waals surface area (Å²) in [5.41, 5.74) is 1.58. The number of nitrogens with one attached hydrogen (secondary N) is 1. The van der Waals surface area contributed by atoms with Gasteiger partial charge in [-0.1, -0.05) is 24.1 Å². The molecule has 2 aromatic rings. The first-order valence-electron chi connectivity index (χ1n) is 4.47. The van der Waals surface area contributed by atoms with Gasteiger partial charge in [0.25, 0.3) is 0 Å². The Hall–Kier alpha value is -1.49.